The van der Waals surface area contributed by atoms with Crippen LogP contribution in [0.25, 0.3) is 22.3 Å². The fourth-order valence-electron chi connectivity index (χ4n) is 2.21. The van der Waals surface area contributed by atoms with Crippen molar-refractivity contribution in [3.63, 3.8) is 0 Å². The standard InChI is InChI=1S/C14H8F3N5OS/c1-24-13-21-9(7(5-18)11(23)22-13)6-3-2-4-8-10(6)20-12(19-8)14(15,16)17/h2-4H,1H3,(H,19,20)(H,21,22,23). The van der Waals surface area contributed by atoms with Crippen molar-refractivity contribution in [1.82, 2.24) is 19.9 Å². The number of fused-ring (bicyclic) bond motifs is 1. The Morgan fingerprint density at radius 3 is 2.62 bits per heavy atom. The van der Waals surface area contributed by atoms with Gasteiger partial charge in [-0.25, -0.2) is 9.97 Å². The summed E-state index contributed by atoms with van der Waals surface area (Å²) in [4.78, 5) is 24.3. The zero-order valence-electron chi connectivity index (χ0n) is 12.0. The first-order valence-corrected chi connectivity index (χ1v) is 7.72. The first kappa shape index (κ1) is 16.1. The number of imidazole rings is 1. The summed E-state index contributed by atoms with van der Waals surface area (Å²) >= 11 is 1.14. The van der Waals surface area contributed by atoms with Gasteiger partial charge in [-0.15, -0.1) is 0 Å². The third-order valence-corrected chi connectivity index (χ3v) is 3.82. The van der Waals surface area contributed by atoms with E-state index in [9.17, 15) is 23.2 Å². The molecule has 0 radical (unpaired) electrons. The van der Waals surface area contributed by atoms with Crippen LogP contribution >= 0.6 is 11.8 Å². The van der Waals surface area contributed by atoms with E-state index in [1.54, 1.807) is 12.3 Å². The Bertz CT molecular complexity index is 1030. The number of hydrogen-bond acceptors (Lipinski definition) is 5. The number of H-pyrrole nitrogens is 2. The predicted molar refractivity (Wildman–Crippen MR) is 81.4 cm³/mol. The number of nitrogens with zero attached hydrogens (tertiary/aromatic N) is 3. The number of nitriles is 1. The van der Waals surface area contributed by atoms with Crippen molar-refractivity contribution in [2.45, 2.75) is 11.3 Å². The van der Waals surface area contributed by atoms with E-state index in [1.165, 1.54) is 18.2 Å². The second kappa shape index (κ2) is 5.68. The predicted octanol–water partition coefficient (Wildman–Crippen LogP) is 2.93. The van der Waals surface area contributed by atoms with Crippen LogP contribution in [0.3, 0.4) is 0 Å². The molecule has 0 fully saturated rings. The molecule has 2 N–H and O–H groups in total. The van der Waals surface area contributed by atoms with Crippen LogP contribution in [0.1, 0.15) is 11.4 Å². The number of nitrogens with one attached hydrogen (secondary N) is 2. The third kappa shape index (κ3) is 2.63. The number of hydrogen-bond donors (Lipinski definition) is 2. The zero-order valence-corrected chi connectivity index (χ0v) is 12.8. The molecule has 0 unspecified atom stereocenters. The number of aromatic nitrogens is 4. The fraction of sp³-hybridized carbons (Fsp3) is 0.143. The SMILES string of the molecule is CSc1nc(-c2cccc3[nH]c(C(F)(F)F)nc23)c(C#N)c(=O)[nH]1. The minimum absolute atomic E-state index is 0.00331. The van der Waals surface area contributed by atoms with E-state index in [4.69, 9.17) is 0 Å². The van der Waals surface area contributed by atoms with Crippen molar-refractivity contribution in [2.75, 3.05) is 6.26 Å². The Balaban J connectivity index is 2.35. The van der Waals surface area contributed by atoms with Crippen LogP contribution in [0.15, 0.2) is 28.2 Å². The second-order valence-electron chi connectivity index (χ2n) is 4.70. The molecule has 3 aromatic rings. The molecule has 10 heteroatoms. The van der Waals surface area contributed by atoms with Crippen LogP contribution in [-0.2, 0) is 6.18 Å². The van der Waals surface area contributed by atoms with Gasteiger partial charge in [0, 0.05) is 5.56 Å². The van der Waals surface area contributed by atoms with Crippen LogP contribution in [0.2, 0.25) is 0 Å². The number of alkyl halides is 3. The molecule has 0 bridgehead atoms. The quantitative estimate of drug-likeness (QED) is 0.546. The smallest absolute Gasteiger partial charge is 0.334 e. The fourth-order valence-corrected chi connectivity index (χ4v) is 2.58. The molecule has 0 spiro atoms. The summed E-state index contributed by atoms with van der Waals surface area (Å²) in [5.74, 6) is -1.15. The maximum absolute atomic E-state index is 12.9. The van der Waals surface area contributed by atoms with Gasteiger partial charge in [0.25, 0.3) is 5.56 Å². The lowest BCUT2D eigenvalue weighted by Crippen LogP contribution is -2.14. The Labute approximate surface area is 136 Å². The van der Waals surface area contributed by atoms with Gasteiger partial charge in [-0.1, -0.05) is 23.9 Å². The minimum Gasteiger partial charge on any atom is -0.334 e. The van der Waals surface area contributed by atoms with E-state index in [1.807, 2.05) is 0 Å². The molecule has 2 heterocycles. The molecule has 0 atom stereocenters. The molecule has 0 saturated carbocycles. The molecular weight excluding hydrogens is 343 g/mol. The Hall–Kier alpha value is -2.80. The van der Waals surface area contributed by atoms with Crippen molar-refractivity contribution in [3.05, 3.63) is 39.9 Å². The van der Waals surface area contributed by atoms with Crippen LogP contribution in [0.4, 0.5) is 13.2 Å². The van der Waals surface area contributed by atoms with Gasteiger partial charge in [-0.3, -0.25) is 4.79 Å². The lowest BCUT2D eigenvalue weighted by molar-refractivity contribution is -0.144. The van der Waals surface area contributed by atoms with E-state index in [2.05, 4.69) is 19.9 Å². The largest absolute Gasteiger partial charge is 0.449 e. The van der Waals surface area contributed by atoms with Gasteiger partial charge in [-0.05, 0) is 12.3 Å². The molecule has 3 rings (SSSR count). The normalized spacial score (nSPS) is 11.6. The van der Waals surface area contributed by atoms with Crippen LogP contribution in [-0.4, -0.2) is 26.2 Å². The average Bonchev–Trinajstić information content (AvgIpc) is 2.98. The third-order valence-electron chi connectivity index (χ3n) is 3.24. The van der Waals surface area contributed by atoms with E-state index >= 15 is 0 Å². The number of thioether (sulfide) groups is 1. The summed E-state index contributed by atoms with van der Waals surface area (Å²) in [5, 5.41) is 9.45. The summed E-state index contributed by atoms with van der Waals surface area (Å²) in [6.45, 7) is 0. The van der Waals surface area contributed by atoms with E-state index in [0.29, 0.717) is 0 Å². The summed E-state index contributed by atoms with van der Waals surface area (Å²) in [7, 11) is 0. The van der Waals surface area contributed by atoms with Crippen LogP contribution in [0.5, 0.6) is 0 Å². The monoisotopic (exact) mass is 351 g/mol. The molecule has 0 saturated heterocycles. The highest BCUT2D eigenvalue weighted by Gasteiger charge is 2.35. The van der Waals surface area contributed by atoms with Crippen molar-refractivity contribution in [1.29, 1.82) is 5.26 Å². The lowest BCUT2D eigenvalue weighted by Gasteiger charge is -2.05. The number of halogens is 3. The first-order chi connectivity index (χ1) is 11.3. The van der Waals surface area contributed by atoms with Crippen molar-refractivity contribution < 1.29 is 13.2 Å². The molecule has 0 aliphatic heterocycles. The summed E-state index contributed by atoms with van der Waals surface area (Å²) in [6.07, 6.45) is -2.97. The van der Waals surface area contributed by atoms with Crippen molar-refractivity contribution >= 4 is 22.8 Å². The maximum Gasteiger partial charge on any atom is 0.449 e. The molecule has 1 aromatic carbocycles. The topological polar surface area (TPSA) is 98.2 Å². The highest BCUT2D eigenvalue weighted by Crippen LogP contribution is 2.33. The average molecular weight is 351 g/mol. The number of benzene rings is 1. The van der Waals surface area contributed by atoms with Gasteiger partial charge in [0.1, 0.15) is 11.6 Å². The molecule has 0 aliphatic carbocycles. The van der Waals surface area contributed by atoms with Gasteiger partial charge < -0.3 is 9.97 Å². The maximum atomic E-state index is 12.9. The summed E-state index contributed by atoms with van der Waals surface area (Å²) < 4.78 is 38.6. The molecule has 2 aromatic heterocycles. The highest BCUT2D eigenvalue weighted by molar-refractivity contribution is 7.98. The summed E-state index contributed by atoms with van der Waals surface area (Å²) in [5.41, 5.74) is -0.635. The molecular formula is C14H8F3N5OS. The molecule has 0 aliphatic rings. The van der Waals surface area contributed by atoms with E-state index in [-0.39, 0.29) is 33.0 Å². The lowest BCUT2D eigenvalue weighted by atomic mass is 10.1. The number of aromatic amines is 2. The molecule has 122 valence electrons. The molecule has 24 heavy (non-hydrogen) atoms. The van der Waals surface area contributed by atoms with Gasteiger partial charge in [0.05, 0.1) is 16.7 Å². The van der Waals surface area contributed by atoms with Gasteiger partial charge in [0.2, 0.25) is 5.82 Å². The number of para-hydroxylation sites is 1. The highest BCUT2D eigenvalue weighted by atomic mass is 32.2. The van der Waals surface area contributed by atoms with E-state index in [0.717, 1.165) is 11.8 Å². The van der Waals surface area contributed by atoms with Gasteiger partial charge >= 0.3 is 6.18 Å². The van der Waals surface area contributed by atoms with E-state index < -0.39 is 17.6 Å². The number of rotatable bonds is 2. The van der Waals surface area contributed by atoms with Crippen LogP contribution in [0, 0.1) is 11.3 Å². The first-order valence-electron chi connectivity index (χ1n) is 6.50. The van der Waals surface area contributed by atoms with Gasteiger partial charge in [0.15, 0.2) is 5.16 Å². The zero-order chi connectivity index (χ0) is 17.5. The summed E-state index contributed by atoms with van der Waals surface area (Å²) in [6, 6.07) is 6.13. The Morgan fingerprint density at radius 1 is 1.25 bits per heavy atom. The van der Waals surface area contributed by atoms with Crippen molar-refractivity contribution in [2.24, 2.45) is 0 Å². The molecule has 6 nitrogen and oxygen atoms in total. The van der Waals surface area contributed by atoms with Crippen LogP contribution < -0.4 is 5.56 Å². The Morgan fingerprint density at radius 2 is 2.00 bits per heavy atom. The molecule has 0 amide bonds. The van der Waals surface area contributed by atoms with Crippen molar-refractivity contribution in [3.8, 4) is 17.3 Å². The second-order valence-corrected chi connectivity index (χ2v) is 5.49. The Kier molecular flexibility index (Phi) is 3.81. The minimum atomic E-state index is -4.64. The van der Waals surface area contributed by atoms with Gasteiger partial charge in [-0.2, -0.15) is 18.4 Å².